The molecule has 0 N–H and O–H groups in total. The molecule has 0 bridgehead atoms. The van der Waals surface area contributed by atoms with E-state index in [2.05, 4.69) is 26.9 Å². The second-order valence-corrected chi connectivity index (χ2v) is 6.50. The maximum Gasteiger partial charge on any atom is 0.146 e. The molecule has 6 nitrogen and oxygen atoms in total. The van der Waals surface area contributed by atoms with E-state index in [1.807, 2.05) is 29.9 Å². The van der Waals surface area contributed by atoms with Gasteiger partial charge in [0.1, 0.15) is 18.2 Å². The third-order valence-corrected chi connectivity index (χ3v) is 4.69. The van der Waals surface area contributed by atoms with Crippen molar-refractivity contribution in [2.45, 2.75) is 13.2 Å². The molecule has 6 heteroatoms. The molecule has 2 heterocycles. The highest BCUT2D eigenvalue weighted by Gasteiger charge is 2.16. The normalized spacial score (nSPS) is 16.2. The first-order valence-corrected chi connectivity index (χ1v) is 8.86. The van der Waals surface area contributed by atoms with Gasteiger partial charge in [-0.1, -0.05) is 12.1 Å². The van der Waals surface area contributed by atoms with E-state index in [0.717, 1.165) is 57.4 Å². The number of benzene rings is 1. The fourth-order valence-corrected chi connectivity index (χ4v) is 3.02. The zero-order valence-electron chi connectivity index (χ0n) is 15.2. The molecular weight excluding hydrogens is 316 g/mol. The lowest BCUT2D eigenvalue weighted by Gasteiger charge is -2.34. The highest BCUT2D eigenvalue weighted by atomic mass is 16.5. The summed E-state index contributed by atoms with van der Waals surface area (Å²) >= 11 is 0. The van der Waals surface area contributed by atoms with Gasteiger partial charge >= 0.3 is 0 Å². The summed E-state index contributed by atoms with van der Waals surface area (Å²) in [5.41, 5.74) is 1.33. The standard InChI is InChI=1S/C19H28N4O2/c1-21-8-7-20-19(21)16-25-18-5-3-17(4-6-18)15-23-11-9-22(10-12-23)13-14-24-2/h3-8H,9-16H2,1-2H3. The van der Waals surface area contributed by atoms with E-state index in [-0.39, 0.29) is 0 Å². The number of methoxy groups -OCH3 is 1. The van der Waals surface area contributed by atoms with Crippen molar-refractivity contribution in [3.8, 4) is 5.75 Å². The number of piperazine rings is 1. The Balaban J connectivity index is 1.43. The Hall–Kier alpha value is -1.89. The molecule has 0 radical (unpaired) electrons. The number of imidazole rings is 1. The van der Waals surface area contributed by atoms with Gasteiger partial charge in [-0.25, -0.2) is 4.98 Å². The highest BCUT2D eigenvalue weighted by molar-refractivity contribution is 5.27. The maximum absolute atomic E-state index is 5.81. The quantitative estimate of drug-likeness (QED) is 0.730. The number of hydrogen-bond acceptors (Lipinski definition) is 5. The Morgan fingerprint density at radius 3 is 2.40 bits per heavy atom. The van der Waals surface area contributed by atoms with Crippen LogP contribution in [0.1, 0.15) is 11.4 Å². The summed E-state index contributed by atoms with van der Waals surface area (Å²) in [5, 5.41) is 0. The molecule has 1 aliphatic heterocycles. The minimum atomic E-state index is 0.492. The Morgan fingerprint density at radius 1 is 1.04 bits per heavy atom. The molecule has 1 aliphatic rings. The van der Waals surface area contributed by atoms with Gasteiger partial charge in [-0.3, -0.25) is 9.80 Å². The smallest absolute Gasteiger partial charge is 0.146 e. The minimum absolute atomic E-state index is 0.492. The average Bonchev–Trinajstić information content (AvgIpc) is 3.05. The van der Waals surface area contributed by atoms with Gasteiger partial charge in [0.05, 0.1) is 6.61 Å². The van der Waals surface area contributed by atoms with Crippen molar-refractivity contribution in [2.75, 3.05) is 46.4 Å². The van der Waals surface area contributed by atoms with E-state index in [1.165, 1.54) is 5.56 Å². The van der Waals surface area contributed by atoms with Crippen LogP contribution in [0.2, 0.25) is 0 Å². The van der Waals surface area contributed by atoms with Crippen LogP contribution in [0.3, 0.4) is 0 Å². The third kappa shape index (κ3) is 5.29. The van der Waals surface area contributed by atoms with Gasteiger partial charge in [-0.2, -0.15) is 0 Å². The van der Waals surface area contributed by atoms with Gasteiger partial charge in [-0.15, -0.1) is 0 Å². The van der Waals surface area contributed by atoms with E-state index in [1.54, 1.807) is 13.3 Å². The fourth-order valence-electron chi connectivity index (χ4n) is 3.02. The van der Waals surface area contributed by atoms with Gasteiger partial charge in [0, 0.05) is 65.8 Å². The lowest BCUT2D eigenvalue weighted by molar-refractivity contribution is 0.0938. The van der Waals surface area contributed by atoms with Crippen LogP contribution < -0.4 is 4.74 Å². The Labute approximate surface area is 150 Å². The number of nitrogens with zero attached hydrogens (tertiary/aromatic N) is 4. The number of ether oxygens (including phenoxy) is 2. The van der Waals surface area contributed by atoms with Gasteiger partial charge in [0.25, 0.3) is 0 Å². The molecule has 1 fully saturated rings. The number of aromatic nitrogens is 2. The van der Waals surface area contributed by atoms with Crippen LogP contribution in [0.4, 0.5) is 0 Å². The Bertz CT molecular complexity index is 633. The zero-order valence-corrected chi connectivity index (χ0v) is 15.2. The van der Waals surface area contributed by atoms with Crippen LogP contribution in [0.25, 0.3) is 0 Å². The van der Waals surface area contributed by atoms with Gasteiger partial charge in [0.15, 0.2) is 0 Å². The van der Waals surface area contributed by atoms with E-state index in [0.29, 0.717) is 6.61 Å². The molecule has 0 spiro atoms. The lowest BCUT2D eigenvalue weighted by Crippen LogP contribution is -2.46. The summed E-state index contributed by atoms with van der Waals surface area (Å²) in [5.74, 6) is 1.81. The Morgan fingerprint density at radius 2 is 1.76 bits per heavy atom. The van der Waals surface area contributed by atoms with Crippen molar-refractivity contribution in [1.29, 1.82) is 0 Å². The van der Waals surface area contributed by atoms with Crippen molar-refractivity contribution in [3.05, 3.63) is 48.0 Å². The average molecular weight is 344 g/mol. The molecule has 1 aromatic heterocycles. The van der Waals surface area contributed by atoms with E-state index in [4.69, 9.17) is 9.47 Å². The van der Waals surface area contributed by atoms with Crippen LogP contribution in [0.5, 0.6) is 5.75 Å². The van der Waals surface area contributed by atoms with Gasteiger partial charge in [-0.05, 0) is 17.7 Å². The summed E-state index contributed by atoms with van der Waals surface area (Å²) in [4.78, 5) is 9.24. The first kappa shape index (κ1) is 17.9. The molecule has 0 unspecified atom stereocenters. The molecule has 1 saturated heterocycles. The first-order valence-electron chi connectivity index (χ1n) is 8.86. The van der Waals surface area contributed by atoms with Crippen molar-refractivity contribution in [2.24, 2.45) is 7.05 Å². The van der Waals surface area contributed by atoms with E-state index >= 15 is 0 Å². The largest absolute Gasteiger partial charge is 0.486 e. The SMILES string of the molecule is COCCN1CCN(Cc2ccc(OCc3nccn3C)cc2)CC1. The van der Waals surface area contributed by atoms with Gasteiger partial charge < -0.3 is 14.0 Å². The number of hydrogen-bond donors (Lipinski definition) is 0. The molecule has 25 heavy (non-hydrogen) atoms. The highest BCUT2D eigenvalue weighted by Crippen LogP contribution is 2.16. The third-order valence-electron chi connectivity index (χ3n) is 4.69. The maximum atomic E-state index is 5.81. The van der Waals surface area contributed by atoms with Gasteiger partial charge in [0.2, 0.25) is 0 Å². The molecule has 3 rings (SSSR count). The monoisotopic (exact) mass is 344 g/mol. The van der Waals surface area contributed by atoms with Crippen molar-refractivity contribution in [3.63, 3.8) is 0 Å². The summed E-state index contributed by atoms with van der Waals surface area (Å²) in [6.45, 7) is 7.81. The fraction of sp³-hybridized carbons (Fsp3) is 0.526. The lowest BCUT2D eigenvalue weighted by atomic mass is 10.2. The van der Waals surface area contributed by atoms with Crippen LogP contribution in [-0.2, 0) is 24.9 Å². The topological polar surface area (TPSA) is 42.8 Å². The minimum Gasteiger partial charge on any atom is -0.486 e. The molecule has 0 atom stereocenters. The molecule has 1 aromatic carbocycles. The van der Waals surface area contributed by atoms with Crippen LogP contribution >= 0.6 is 0 Å². The van der Waals surface area contributed by atoms with Crippen LogP contribution in [-0.4, -0.2) is 65.8 Å². The molecule has 0 amide bonds. The van der Waals surface area contributed by atoms with Crippen molar-refractivity contribution in [1.82, 2.24) is 19.4 Å². The molecular formula is C19H28N4O2. The molecule has 0 saturated carbocycles. The van der Waals surface area contributed by atoms with Crippen molar-refractivity contribution < 1.29 is 9.47 Å². The molecule has 0 aliphatic carbocycles. The summed E-state index contributed by atoms with van der Waals surface area (Å²) in [7, 11) is 3.74. The number of rotatable bonds is 8. The Kier molecular flexibility index (Phi) is 6.44. The van der Waals surface area contributed by atoms with Crippen LogP contribution in [0.15, 0.2) is 36.7 Å². The predicted octanol–water partition coefficient (Wildman–Crippen LogP) is 1.76. The molecule has 2 aromatic rings. The van der Waals surface area contributed by atoms with Crippen LogP contribution in [0, 0.1) is 0 Å². The zero-order chi connectivity index (χ0) is 17.5. The molecule has 136 valence electrons. The summed E-state index contributed by atoms with van der Waals surface area (Å²) in [6.07, 6.45) is 3.72. The number of aryl methyl sites for hydroxylation is 1. The van der Waals surface area contributed by atoms with E-state index in [9.17, 15) is 0 Å². The second-order valence-electron chi connectivity index (χ2n) is 6.50. The predicted molar refractivity (Wildman–Crippen MR) is 97.6 cm³/mol. The summed E-state index contributed by atoms with van der Waals surface area (Å²) in [6, 6.07) is 8.41. The van der Waals surface area contributed by atoms with E-state index < -0.39 is 0 Å². The first-order chi connectivity index (χ1) is 12.2. The second kappa shape index (κ2) is 8.99. The van der Waals surface area contributed by atoms with Crippen molar-refractivity contribution >= 4 is 0 Å². The summed E-state index contributed by atoms with van der Waals surface area (Å²) < 4.78 is 12.9.